The SMILES string of the molecule is CCc1ccc(S(=O)(=O)NC2CCCCCC2)cc1. The second-order valence-electron chi connectivity index (χ2n) is 5.31. The Kier molecular flexibility index (Phi) is 4.99. The molecule has 0 amide bonds. The lowest BCUT2D eigenvalue weighted by molar-refractivity contribution is 0.510. The van der Waals surface area contributed by atoms with Crippen LogP contribution in [-0.4, -0.2) is 14.5 Å². The van der Waals surface area contributed by atoms with Crippen molar-refractivity contribution < 1.29 is 8.42 Å². The normalized spacial score (nSPS) is 18.2. The molecule has 0 unspecified atom stereocenters. The number of hydrogen-bond donors (Lipinski definition) is 1. The lowest BCUT2D eigenvalue weighted by Crippen LogP contribution is -2.34. The minimum atomic E-state index is -3.35. The highest BCUT2D eigenvalue weighted by atomic mass is 32.2. The van der Waals surface area contributed by atoms with E-state index in [0.717, 1.165) is 37.7 Å². The molecule has 1 aliphatic carbocycles. The maximum Gasteiger partial charge on any atom is 0.240 e. The Morgan fingerprint density at radius 2 is 1.63 bits per heavy atom. The van der Waals surface area contributed by atoms with Crippen LogP contribution in [0.5, 0.6) is 0 Å². The first kappa shape index (κ1) is 14.5. The molecule has 1 saturated carbocycles. The van der Waals surface area contributed by atoms with E-state index >= 15 is 0 Å². The van der Waals surface area contributed by atoms with Crippen LogP contribution in [0.2, 0.25) is 0 Å². The predicted octanol–water partition coefficient (Wildman–Crippen LogP) is 3.25. The fourth-order valence-corrected chi connectivity index (χ4v) is 3.89. The standard InChI is InChI=1S/C15H23NO2S/c1-2-13-9-11-15(12-10-13)19(17,18)16-14-7-5-3-4-6-8-14/h9-12,14,16H,2-8H2,1H3. The van der Waals surface area contributed by atoms with Gasteiger partial charge in [-0.3, -0.25) is 0 Å². The van der Waals surface area contributed by atoms with Crippen LogP contribution >= 0.6 is 0 Å². The third kappa shape index (κ3) is 4.05. The summed E-state index contributed by atoms with van der Waals surface area (Å²) in [4.78, 5) is 0.383. The van der Waals surface area contributed by atoms with Crippen molar-refractivity contribution in [2.45, 2.75) is 62.8 Å². The number of sulfonamides is 1. The molecule has 2 rings (SSSR count). The summed E-state index contributed by atoms with van der Waals surface area (Å²) in [6, 6.07) is 7.30. The molecule has 0 heterocycles. The van der Waals surface area contributed by atoms with Crippen molar-refractivity contribution in [3.8, 4) is 0 Å². The van der Waals surface area contributed by atoms with Crippen LogP contribution < -0.4 is 4.72 Å². The van der Waals surface area contributed by atoms with Crippen LogP contribution in [0.4, 0.5) is 0 Å². The van der Waals surface area contributed by atoms with Gasteiger partial charge in [-0.05, 0) is 37.0 Å². The van der Waals surface area contributed by atoms with E-state index in [2.05, 4.69) is 11.6 Å². The van der Waals surface area contributed by atoms with E-state index in [1.165, 1.54) is 12.8 Å². The molecule has 0 saturated heterocycles. The lowest BCUT2D eigenvalue weighted by atomic mass is 10.1. The highest BCUT2D eigenvalue weighted by molar-refractivity contribution is 7.89. The minimum absolute atomic E-state index is 0.110. The molecule has 1 fully saturated rings. The van der Waals surface area contributed by atoms with Gasteiger partial charge in [0.15, 0.2) is 0 Å². The Labute approximate surface area is 116 Å². The van der Waals surface area contributed by atoms with Gasteiger partial charge in [-0.2, -0.15) is 0 Å². The van der Waals surface area contributed by atoms with E-state index in [4.69, 9.17) is 0 Å². The smallest absolute Gasteiger partial charge is 0.208 e. The van der Waals surface area contributed by atoms with E-state index in [1.54, 1.807) is 12.1 Å². The first-order valence-electron chi connectivity index (χ1n) is 7.23. The van der Waals surface area contributed by atoms with Crippen molar-refractivity contribution >= 4 is 10.0 Å². The average Bonchev–Trinajstić information content (AvgIpc) is 2.67. The van der Waals surface area contributed by atoms with Crippen molar-refractivity contribution in [1.29, 1.82) is 0 Å². The molecule has 0 bridgehead atoms. The van der Waals surface area contributed by atoms with Gasteiger partial charge in [-0.1, -0.05) is 44.7 Å². The summed E-state index contributed by atoms with van der Waals surface area (Å²) in [5.74, 6) is 0. The van der Waals surface area contributed by atoms with Crippen LogP contribution in [0, 0.1) is 0 Å². The molecular formula is C15H23NO2S. The molecule has 1 aliphatic rings. The zero-order chi connectivity index (χ0) is 13.7. The van der Waals surface area contributed by atoms with Crippen LogP contribution in [-0.2, 0) is 16.4 Å². The van der Waals surface area contributed by atoms with E-state index in [1.807, 2.05) is 12.1 Å². The van der Waals surface area contributed by atoms with Gasteiger partial charge in [-0.25, -0.2) is 13.1 Å². The summed E-state index contributed by atoms with van der Waals surface area (Å²) in [5.41, 5.74) is 1.16. The number of nitrogens with one attached hydrogen (secondary N) is 1. The first-order valence-corrected chi connectivity index (χ1v) is 8.71. The summed E-state index contributed by atoms with van der Waals surface area (Å²) < 4.78 is 27.5. The quantitative estimate of drug-likeness (QED) is 0.861. The Bertz CT molecular complexity index is 485. The second kappa shape index (κ2) is 6.53. The number of aryl methyl sites for hydroxylation is 1. The molecule has 0 atom stereocenters. The Balaban J connectivity index is 2.07. The molecule has 0 aliphatic heterocycles. The lowest BCUT2D eigenvalue weighted by Gasteiger charge is -2.16. The average molecular weight is 281 g/mol. The van der Waals surface area contributed by atoms with Crippen molar-refractivity contribution in [3.63, 3.8) is 0 Å². The fourth-order valence-electron chi connectivity index (χ4n) is 2.59. The summed E-state index contributed by atoms with van der Waals surface area (Å²) in [6.45, 7) is 2.06. The van der Waals surface area contributed by atoms with Crippen molar-refractivity contribution in [3.05, 3.63) is 29.8 Å². The van der Waals surface area contributed by atoms with Gasteiger partial charge in [0.2, 0.25) is 10.0 Å². The molecule has 1 aromatic rings. The zero-order valence-corrected chi connectivity index (χ0v) is 12.4. The van der Waals surface area contributed by atoms with Crippen LogP contribution in [0.25, 0.3) is 0 Å². The highest BCUT2D eigenvalue weighted by Gasteiger charge is 2.20. The van der Waals surface area contributed by atoms with E-state index < -0.39 is 10.0 Å². The van der Waals surface area contributed by atoms with Gasteiger partial charge in [-0.15, -0.1) is 0 Å². The maximum atomic E-state index is 12.3. The largest absolute Gasteiger partial charge is 0.240 e. The third-order valence-electron chi connectivity index (χ3n) is 3.82. The molecule has 19 heavy (non-hydrogen) atoms. The second-order valence-corrected chi connectivity index (χ2v) is 7.02. The predicted molar refractivity (Wildman–Crippen MR) is 77.6 cm³/mol. The third-order valence-corrected chi connectivity index (χ3v) is 5.36. The number of benzene rings is 1. The molecule has 0 radical (unpaired) electrons. The van der Waals surface area contributed by atoms with E-state index in [0.29, 0.717) is 4.90 Å². The summed E-state index contributed by atoms with van der Waals surface area (Å²) in [5, 5.41) is 0. The zero-order valence-electron chi connectivity index (χ0n) is 11.6. The first-order chi connectivity index (χ1) is 9.12. The van der Waals surface area contributed by atoms with Crippen LogP contribution in [0.1, 0.15) is 51.0 Å². The molecule has 0 aromatic heterocycles. The van der Waals surface area contributed by atoms with E-state index in [9.17, 15) is 8.42 Å². The van der Waals surface area contributed by atoms with Crippen molar-refractivity contribution in [1.82, 2.24) is 4.72 Å². The van der Waals surface area contributed by atoms with E-state index in [-0.39, 0.29) is 6.04 Å². The number of rotatable bonds is 4. The molecule has 0 spiro atoms. The Hall–Kier alpha value is -0.870. The molecule has 106 valence electrons. The van der Waals surface area contributed by atoms with Gasteiger partial charge in [0.25, 0.3) is 0 Å². The highest BCUT2D eigenvalue weighted by Crippen LogP contribution is 2.19. The molecular weight excluding hydrogens is 258 g/mol. The topological polar surface area (TPSA) is 46.2 Å². The number of hydrogen-bond acceptors (Lipinski definition) is 2. The molecule has 1 N–H and O–H groups in total. The van der Waals surface area contributed by atoms with Gasteiger partial charge in [0.1, 0.15) is 0 Å². The minimum Gasteiger partial charge on any atom is -0.208 e. The van der Waals surface area contributed by atoms with Gasteiger partial charge < -0.3 is 0 Å². The van der Waals surface area contributed by atoms with Crippen LogP contribution in [0.3, 0.4) is 0 Å². The Morgan fingerprint density at radius 3 is 2.16 bits per heavy atom. The molecule has 4 heteroatoms. The molecule has 3 nitrogen and oxygen atoms in total. The summed E-state index contributed by atoms with van der Waals surface area (Å²) in [7, 11) is -3.35. The Morgan fingerprint density at radius 1 is 1.05 bits per heavy atom. The summed E-state index contributed by atoms with van der Waals surface area (Å²) >= 11 is 0. The molecule has 1 aromatic carbocycles. The maximum absolute atomic E-state index is 12.3. The summed E-state index contributed by atoms with van der Waals surface area (Å²) in [6.07, 6.45) is 7.56. The van der Waals surface area contributed by atoms with Crippen molar-refractivity contribution in [2.24, 2.45) is 0 Å². The van der Waals surface area contributed by atoms with Crippen molar-refractivity contribution in [2.75, 3.05) is 0 Å². The van der Waals surface area contributed by atoms with Gasteiger partial charge in [0.05, 0.1) is 4.90 Å². The van der Waals surface area contributed by atoms with Gasteiger partial charge >= 0.3 is 0 Å². The van der Waals surface area contributed by atoms with Crippen LogP contribution in [0.15, 0.2) is 29.2 Å². The monoisotopic (exact) mass is 281 g/mol. The van der Waals surface area contributed by atoms with Gasteiger partial charge in [0, 0.05) is 6.04 Å². The fraction of sp³-hybridized carbons (Fsp3) is 0.600.